The number of benzene rings is 1. The Morgan fingerprint density at radius 1 is 1.27 bits per heavy atom. The summed E-state index contributed by atoms with van der Waals surface area (Å²) < 4.78 is 20.6. The lowest BCUT2D eigenvalue weighted by Crippen LogP contribution is -2.37. The van der Waals surface area contributed by atoms with Crippen LogP contribution in [0, 0.1) is 5.82 Å². The molecule has 1 N–H and O–H groups in total. The number of ether oxygens (including phenoxy) is 1. The van der Waals surface area contributed by atoms with Gasteiger partial charge in [0.25, 0.3) is 5.56 Å². The number of halogens is 1. The minimum absolute atomic E-state index is 0.0549. The first-order valence-corrected chi connectivity index (χ1v) is 10.5. The molecule has 2 aromatic heterocycles. The SMILES string of the molecule is CC(C)NC(=O)Cn1nc(-c2ccc(F)cc2)c2sc(N3CCOCC3)nc2c1=O. The van der Waals surface area contributed by atoms with Gasteiger partial charge in [0.15, 0.2) is 10.6 Å². The van der Waals surface area contributed by atoms with Crippen LogP contribution in [0.4, 0.5) is 9.52 Å². The van der Waals surface area contributed by atoms with Crippen LogP contribution in [0.2, 0.25) is 0 Å². The molecule has 158 valence electrons. The van der Waals surface area contributed by atoms with Crippen LogP contribution in [0.25, 0.3) is 21.5 Å². The summed E-state index contributed by atoms with van der Waals surface area (Å²) in [5, 5.41) is 7.92. The summed E-state index contributed by atoms with van der Waals surface area (Å²) in [6.45, 7) is 6.03. The van der Waals surface area contributed by atoms with E-state index in [4.69, 9.17) is 4.74 Å². The minimum atomic E-state index is -0.425. The molecule has 4 rings (SSSR count). The van der Waals surface area contributed by atoms with Crippen molar-refractivity contribution in [2.24, 2.45) is 0 Å². The second-order valence-electron chi connectivity index (χ2n) is 7.31. The smallest absolute Gasteiger partial charge is 0.294 e. The van der Waals surface area contributed by atoms with Gasteiger partial charge in [0.05, 0.1) is 17.9 Å². The first-order chi connectivity index (χ1) is 14.4. The number of anilines is 1. The summed E-state index contributed by atoms with van der Waals surface area (Å²) in [5.41, 5.74) is 0.981. The summed E-state index contributed by atoms with van der Waals surface area (Å²) in [7, 11) is 0. The number of thiazole rings is 1. The number of morpholine rings is 1. The lowest BCUT2D eigenvalue weighted by Gasteiger charge is -2.25. The van der Waals surface area contributed by atoms with E-state index in [-0.39, 0.29) is 29.8 Å². The summed E-state index contributed by atoms with van der Waals surface area (Å²) in [6.07, 6.45) is 0. The van der Waals surface area contributed by atoms with E-state index in [1.165, 1.54) is 23.5 Å². The van der Waals surface area contributed by atoms with Crippen molar-refractivity contribution in [3.63, 3.8) is 0 Å². The van der Waals surface area contributed by atoms with Crippen molar-refractivity contribution in [1.29, 1.82) is 0 Å². The molecule has 0 bridgehead atoms. The van der Waals surface area contributed by atoms with Gasteiger partial charge in [-0.25, -0.2) is 14.1 Å². The Balaban J connectivity index is 1.84. The van der Waals surface area contributed by atoms with Crippen LogP contribution < -0.4 is 15.8 Å². The number of nitrogens with zero attached hydrogens (tertiary/aromatic N) is 4. The van der Waals surface area contributed by atoms with E-state index < -0.39 is 5.56 Å². The quantitative estimate of drug-likeness (QED) is 0.665. The molecule has 1 fully saturated rings. The van der Waals surface area contributed by atoms with Gasteiger partial charge in [0.1, 0.15) is 18.1 Å². The van der Waals surface area contributed by atoms with Crippen molar-refractivity contribution in [1.82, 2.24) is 20.1 Å². The highest BCUT2D eigenvalue weighted by Crippen LogP contribution is 2.34. The summed E-state index contributed by atoms with van der Waals surface area (Å²) in [4.78, 5) is 31.9. The van der Waals surface area contributed by atoms with E-state index >= 15 is 0 Å². The first kappa shape index (κ1) is 20.4. The third-order valence-electron chi connectivity index (χ3n) is 4.63. The Kier molecular flexibility index (Phi) is 5.78. The number of hydrogen-bond acceptors (Lipinski definition) is 7. The first-order valence-electron chi connectivity index (χ1n) is 9.72. The van der Waals surface area contributed by atoms with Crippen molar-refractivity contribution in [2.45, 2.75) is 26.4 Å². The molecule has 0 aliphatic carbocycles. The summed E-state index contributed by atoms with van der Waals surface area (Å²) >= 11 is 1.37. The maximum absolute atomic E-state index is 13.4. The molecular weight excluding hydrogens is 409 g/mol. The average Bonchev–Trinajstić information content (AvgIpc) is 3.17. The van der Waals surface area contributed by atoms with Crippen molar-refractivity contribution in [3.05, 3.63) is 40.4 Å². The van der Waals surface area contributed by atoms with Crippen molar-refractivity contribution in [2.75, 3.05) is 31.2 Å². The van der Waals surface area contributed by atoms with Gasteiger partial charge >= 0.3 is 0 Å². The van der Waals surface area contributed by atoms with E-state index in [0.717, 1.165) is 4.68 Å². The number of amides is 1. The highest BCUT2D eigenvalue weighted by Gasteiger charge is 2.22. The Labute approximate surface area is 176 Å². The van der Waals surface area contributed by atoms with E-state index in [0.29, 0.717) is 47.4 Å². The minimum Gasteiger partial charge on any atom is -0.378 e. The van der Waals surface area contributed by atoms with Crippen LogP contribution in [0.5, 0.6) is 0 Å². The third-order valence-corrected chi connectivity index (χ3v) is 5.75. The Bertz CT molecular complexity index is 1120. The molecular formula is C20H22FN5O3S. The van der Waals surface area contributed by atoms with E-state index in [2.05, 4.69) is 20.3 Å². The normalized spacial score (nSPS) is 14.5. The van der Waals surface area contributed by atoms with Crippen molar-refractivity contribution < 1.29 is 13.9 Å². The number of aromatic nitrogens is 3. The Hall–Kier alpha value is -2.85. The fourth-order valence-electron chi connectivity index (χ4n) is 3.25. The van der Waals surface area contributed by atoms with Gasteiger partial charge in [-0.15, -0.1) is 0 Å². The van der Waals surface area contributed by atoms with Gasteiger partial charge in [-0.05, 0) is 38.1 Å². The van der Waals surface area contributed by atoms with E-state index in [9.17, 15) is 14.0 Å². The molecule has 1 amide bonds. The number of hydrogen-bond donors (Lipinski definition) is 1. The molecule has 0 saturated carbocycles. The van der Waals surface area contributed by atoms with Crippen LogP contribution in [-0.4, -0.2) is 53.0 Å². The van der Waals surface area contributed by atoms with Crippen LogP contribution in [-0.2, 0) is 16.1 Å². The molecule has 8 nitrogen and oxygen atoms in total. The molecule has 3 heterocycles. The predicted octanol–water partition coefficient (Wildman–Crippen LogP) is 2.02. The number of carbonyl (C=O) groups excluding carboxylic acids is 1. The Morgan fingerprint density at radius 2 is 1.97 bits per heavy atom. The number of carbonyl (C=O) groups is 1. The van der Waals surface area contributed by atoms with E-state index in [1.807, 2.05) is 13.8 Å². The zero-order chi connectivity index (χ0) is 21.3. The van der Waals surface area contributed by atoms with Crippen LogP contribution in [0.15, 0.2) is 29.1 Å². The standard InChI is InChI=1S/C20H22FN5O3S/c1-12(2)22-15(27)11-26-19(28)17-18(16(24-26)13-3-5-14(21)6-4-13)30-20(23-17)25-7-9-29-10-8-25/h3-6,12H,7-11H2,1-2H3,(H,22,27). The molecule has 1 saturated heterocycles. The molecule has 3 aromatic rings. The summed E-state index contributed by atoms with van der Waals surface area (Å²) in [5.74, 6) is -0.675. The van der Waals surface area contributed by atoms with E-state index in [1.54, 1.807) is 12.1 Å². The molecule has 0 unspecified atom stereocenters. The van der Waals surface area contributed by atoms with Crippen LogP contribution in [0.3, 0.4) is 0 Å². The molecule has 0 spiro atoms. The van der Waals surface area contributed by atoms with Gasteiger partial charge in [0.2, 0.25) is 5.91 Å². The zero-order valence-electron chi connectivity index (χ0n) is 16.7. The molecule has 1 aliphatic heterocycles. The molecule has 30 heavy (non-hydrogen) atoms. The largest absolute Gasteiger partial charge is 0.378 e. The molecule has 1 aliphatic rings. The number of rotatable bonds is 5. The summed E-state index contributed by atoms with van der Waals surface area (Å²) in [6, 6.07) is 5.84. The monoisotopic (exact) mass is 431 g/mol. The fraction of sp³-hybridized carbons (Fsp3) is 0.400. The maximum atomic E-state index is 13.4. The van der Waals surface area contributed by atoms with Gasteiger partial charge in [-0.3, -0.25) is 9.59 Å². The van der Waals surface area contributed by atoms with Crippen molar-refractivity contribution in [3.8, 4) is 11.3 Å². The third kappa shape index (κ3) is 4.19. The highest BCUT2D eigenvalue weighted by atomic mass is 32.1. The van der Waals surface area contributed by atoms with Crippen LogP contribution in [0.1, 0.15) is 13.8 Å². The molecule has 10 heteroatoms. The average molecular weight is 431 g/mol. The maximum Gasteiger partial charge on any atom is 0.294 e. The van der Waals surface area contributed by atoms with Gasteiger partial charge in [-0.1, -0.05) is 11.3 Å². The number of fused-ring (bicyclic) bond motifs is 1. The predicted molar refractivity (Wildman–Crippen MR) is 113 cm³/mol. The van der Waals surface area contributed by atoms with Crippen molar-refractivity contribution >= 4 is 32.6 Å². The second-order valence-corrected chi connectivity index (χ2v) is 8.29. The molecule has 1 aromatic carbocycles. The highest BCUT2D eigenvalue weighted by molar-refractivity contribution is 7.22. The zero-order valence-corrected chi connectivity index (χ0v) is 17.5. The van der Waals surface area contributed by atoms with Gasteiger partial charge in [-0.2, -0.15) is 5.10 Å². The van der Waals surface area contributed by atoms with Crippen LogP contribution >= 0.6 is 11.3 Å². The lowest BCUT2D eigenvalue weighted by atomic mass is 10.1. The molecule has 0 radical (unpaired) electrons. The second kappa shape index (κ2) is 8.49. The Morgan fingerprint density at radius 3 is 2.63 bits per heavy atom. The van der Waals surface area contributed by atoms with Gasteiger partial charge in [0, 0.05) is 24.7 Å². The van der Waals surface area contributed by atoms with Gasteiger partial charge < -0.3 is 15.0 Å². The fourth-order valence-corrected chi connectivity index (χ4v) is 4.36. The number of nitrogens with one attached hydrogen (secondary N) is 1. The molecule has 0 atom stereocenters. The lowest BCUT2D eigenvalue weighted by molar-refractivity contribution is -0.122. The topological polar surface area (TPSA) is 89.3 Å².